The molecule has 11 heteroatoms. The average Bonchev–Trinajstić information content (AvgIpc) is 3.42. The van der Waals surface area contributed by atoms with Crippen LogP contribution in [0.15, 0.2) is 65.6 Å². The van der Waals surface area contributed by atoms with Crippen LogP contribution < -0.4 is 4.90 Å². The van der Waals surface area contributed by atoms with Gasteiger partial charge in [-0.25, -0.2) is 17.9 Å². The van der Waals surface area contributed by atoms with E-state index in [4.69, 9.17) is 4.74 Å². The number of benzene rings is 2. The van der Waals surface area contributed by atoms with Crippen molar-refractivity contribution in [3.05, 3.63) is 77.5 Å². The van der Waals surface area contributed by atoms with E-state index in [1.807, 2.05) is 30.3 Å². The highest BCUT2D eigenvalue weighted by molar-refractivity contribution is 7.92. The summed E-state index contributed by atoms with van der Waals surface area (Å²) in [4.78, 5) is 13.4. The summed E-state index contributed by atoms with van der Waals surface area (Å²) in [6.45, 7) is 1.94. The summed E-state index contributed by atoms with van der Waals surface area (Å²) >= 11 is 0. The molecule has 2 heterocycles. The van der Waals surface area contributed by atoms with E-state index in [9.17, 15) is 26.4 Å². The van der Waals surface area contributed by atoms with E-state index in [2.05, 4.69) is 5.10 Å². The molecule has 35 heavy (non-hydrogen) atoms. The molecule has 3 aromatic rings. The van der Waals surface area contributed by atoms with Crippen molar-refractivity contribution in [1.29, 1.82) is 0 Å². The molecule has 1 aliphatic rings. The molecule has 1 saturated heterocycles. The fourth-order valence-corrected chi connectivity index (χ4v) is 6.31. The van der Waals surface area contributed by atoms with Crippen molar-refractivity contribution in [1.82, 2.24) is 9.78 Å². The van der Waals surface area contributed by atoms with Crippen LogP contribution >= 0.6 is 0 Å². The van der Waals surface area contributed by atoms with Crippen molar-refractivity contribution >= 4 is 21.6 Å². The number of alkyl halides is 3. The number of ether oxygens (including phenoxy) is 1. The van der Waals surface area contributed by atoms with Gasteiger partial charge in [-0.1, -0.05) is 42.5 Å². The van der Waals surface area contributed by atoms with Crippen LogP contribution in [-0.4, -0.2) is 49.1 Å². The summed E-state index contributed by atoms with van der Waals surface area (Å²) < 4.78 is 74.1. The highest BCUT2D eigenvalue weighted by Gasteiger charge is 2.47. The standard InChI is InChI=1S/C24H24F3N3O4S/c1-16-12-22(30(28-16)14-17-8-4-3-5-9-17)29-15-18(13-20(29)23(31)34-2)35(32,33)21-11-7-6-10-19(21)24(25,26)27/h3-12,18,20H,13-15H2,1-2H3/t18-,20-/m1/s1. The second kappa shape index (κ2) is 9.37. The summed E-state index contributed by atoms with van der Waals surface area (Å²) in [6, 6.07) is 14.3. The number of hydrogen-bond donors (Lipinski definition) is 0. The third kappa shape index (κ3) is 4.90. The van der Waals surface area contributed by atoms with Gasteiger partial charge < -0.3 is 9.64 Å². The first-order valence-corrected chi connectivity index (χ1v) is 12.4. The van der Waals surface area contributed by atoms with Crippen LogP contribution in [0.4, 0.5) is 19.0 Å². The normalized spacial score (nSPS) is 18.6. The first kappa shape index (κ1) is 24.8. The Kier molecular flexibility index (Phi) is 6.63. The van der Waals surface area contributed by atoms with Gasteiger partial charge in [0, 0.05) is 12.6 Å². The monoisotopic (exact) mass is 507 g/mol. The maximum absolute atomic E-state index is 13.6. The Hall–Kier alpha value is -3.34. The molecular formula is C24H24F3N3O4S. The molecule has 2 atom stereocenters. The molecule has 0 spiro atoms. The van der Waals surface area contributed by atoms with Crippen molar-refractivity contribution in [3.63, 3.8) is 0 Å². The third-order valence-corrected chi connectivity index (χ3v) is 8.21. The van der Waals surface area contributed by atoms with Crippen molar-refractivity contribution in [2.45, 2.75) is 42.3 Å². The third-order valence-electron chi connectivity index (χ3n) is 6.02. The SMILES string of the molecule is COC(=O)[C@H]1C[C@@H](S(=O)(=O)c2ccccc2C(F)(F)F)CN1c1cc(C)nn1Cc1ccccc1. The molecule has 2 aromatic carbocycles. The van der Waals surface area contributed by atoms with Gasteiger partial charge >= 0.3 is 12.1 Å². The number of esters is 1. The molecule has 0 saturated carbocycles. The highest BCUT2D eigenvalue weighted by atomic mass is 32.2. The Morgan fingerprint density at radius 2 is 1.77 bits per heavy atom. The lowest BCUT2D eigenvalue weighted by atomic mass is 10.2. The van der Waals surface area contributed by atoms with E-state index in [1.54, 1.807) is 22.6 Å². The molecule has 0 bridgehead atoms. The Balaban J connectivity index is 1.73. The summed E-state index contributed by atoms with van der Waals surface area (Å²) in [6.07, 6.45) is -5.05. The number of carbonyl (C=O) groups is 1. The quantitative estimate of drug-likeness (QED) is 0.472. The first-order chi connectivity index (χ1) is 16.5. The number of sulfone groups is 1. The fraction of sp³-hybridized carbons (Fsp3) is 0.333. The van der Waals surface area contributed by atoms with E-state index in [1.165, 1.54) is 13.2 Å². The molecule has 0 N–H and O–H groups in total. The maximum atomic E-state index is 13.6. The predicted octanol–water partition coefficient (Wildman–Crippen LogP) is 3.85. The number of methoxy groups -OCH3 is 1. The first-order valence-electron chi connectivity index (χ1n) is 10.9. The van der Waals surface area contributed by atoms with Crippen LogP contribution in [0.3, 0.4) is 0 Å². The Bertz CT molecular complexity index is 1320. The van der Waals surface area contributed by atoms with Crippen molar-refractivity contribution in [3.8, 4) is 0 Å². The van der Waals surface area contributed by atoms with Crippen LogP contribution in [-0.2, 0) is 32.1 Å². The number of halogens is 3. The lowest BCUT2D eigenvalue weighted by Crippen LogP contribution is -2.38. The minimum atomic E-state index is -4.84. The van der Waals surface area contributed by atoms with Crippen molar-refractivity contribution in [2.24, 2.45) is 0 Å². The molecule has 0 unspecified atom stereocenters. The maximum Gasteiger partial charge on any atom is 0.417 e. The molecule has 1 aromatic heterocycles. The Morgan fingerprint density at radius 1 is 1.11 bits per heavy atom. The second-order valence-electron chi connectivity index (χ2n) is 8.38. The van der Waals surface area contributed by atoms with Crippen molar-refractivity contribution < 1.29 is 31.1 Å². The van der Waals surface area contributed by atoms with Crippen molar-refractivity contribution in [2.75, 3.05) is 18.6 Å². The highest BCUT2D eigenvalue weighted by Crippen LogP contribution is 2.38. The van der Waals surface area contributed by atoms with Gasteiger partial charge in [-0.3, -0.25) is 0 Å². The summed E-state index contributed by atoms with van der Waals surface area (Å²) in [5.74, 6) is -0.180. The minimum Gasteiger partial charge on any atom is -0.467 e. The van der Waals surface area contributed by atoms with Gasteiger partial charge in [0.05, 0.1) is 35.1 Å². The molecular weight excluding hydrogens is 483 g/mol. The minimum absolute atomic E-state index is 0.186. The number of nitrogens with zero attached hydrogens (tertiary/aromatic N) is 3. The van der Waals surface area contributed by atoms with E-state index in [-0.39, 0.29) is 13.0 Å². The van der Waals surface area contributed by atoms with Gasteiger partial charge in [0.2, 0.25) is 0 Å². The van der Waals surface area contributed by atoms with Gasteiger partial charge in [-0.05, 0) is 31.0 Å². The number of carbonyl (C=O) groups excluding carboxylic acids is 1. The smallest absolute Gasteiger partial charge is 0.417 e. The van der Waals surface area contributed by atoms with E-state index < -0.39 is 43.7 Å². The average molecular weight is 508 g/mol. The summed E-state index contributed by atoms with van der Waals surface area (Å²) in [5.41, 5.74) is 0.361. The van der Waals surface area contributed by atoms with Gasteiger partial charge in [-0.2, -0.15) is 18.3 Å². The zero-order chi connectivity index (χ0) is 25.4. The zero-order valence-corrected chi connectivity index (χ0v) is 19.9. The van der Waals surface area contributed by atoms with Crippen LogP contribution in [0.2, 0.25) is 0 Å². The lowest BCUT2D eigenvalue weighted by molar-refractivity contribution is -0.142. The Morgan fingerprint density at radius 3 is 2.43 bits per heavy atom. The number of anilines is 1. The Labute approximate surface area is 201 Å². The number of rotatable bonds is 6. The predicted molar refractivity (Wildman–Crippen MR) is 123 cm³/mol. The van der Waals surface area contributed by atoms with Gasteiger partial charge in [-0.15, -0.1) is 0 Å². The molecule has 1 fully saturated rings. The molecule has 7 nitrogen and oxygen atoms in total. The molecule has 0 radical (unpaired) electrons. The van der Waals surface area contributed by atoms with Crippen LogP contribution in [0.25, 0.3) is 0 Å². The fourth-order valence-electron chi connectivity index (χ4n) is 4.40. The molecule has 0 amide bonds. The number of aromatic nitrogens is 2. The van der Waals surface area contributed by atoms with E-state index in [0.717, 1.165) is 23.8 Å². The topological polar surface area (TPSA) is 81.5 Å². The van der Waals surface area contributed by atoms with Gasteiger partial charge in [0.1, 0.15) is 11.9 Å². The van der Waals surface area contributed by atoms with Crippen LogP contribution in [0, 0.1) is 6.92 Å². The van der Waals surface area contributed by atoms with Crippen LogP contribution in [0.5, 0.6) is 0 Å². The van der Waals surface area contributed by atoms with Gasteiger partial charge in [0.25, 0.3) is 0 Å². The molecule has 186 valence electrons. The summed E-state index contributed by atoms with van der Waals surface area (Å²) in [5, 5.41) is 3.23. The largest absolute Gasteiger partial charge is 0.467 e. The van der Waals surface area contributed by atoms with E-state index >= 15 is 0 Å². The van der Waals surface area contributed by atoms with Gasteiger partial charge in [0.15, 0.2) is 9.84 Å². The van der Waals surface area contributed by atoms with E-state index in [0.29, 0.717) is 18.1 Å². The number of hydrogen-bond acceptors (Lipinski definition) is 6. The zero-order valence-electron chi connectivity index (χ0n) is 19.1. The second-order valence-corrected chi connectivity index (χ2v) is 10.6. The number of aryl methyl sites for hydroxylation is 1. The molecule has 4 rings (SSSR count). The summed E-state index contributed by atoms with van der Waals surface area (Å²) in [7, 11) is -3.24. The van der Waals surface area contributed by atoms with Crippen LogP contribution in [0.1, 0.15) is 23.2 Å². The molecule has 0 aliphatic carbocycles. The molecule has 1 aliphatic heterocycles. The lowest BCUT2D eigenvalue weighted by Gasteiger charge is -2.25.